The molecule has 0 saturated carbocycles. The van der Waals surface area contributed by atoms with Crippen molar-refractivity contribution < 1.29 is 18.5 Å². The Morgan fingerprint density at radius 1 is 1.00 bits per heavy atom. The van der Waals surface area contributed by atoms with Gasteiger partial charge in [-0.25, -0.2) is 0 Å². The van der Waals surface area contributed by atoms with Gasteiger partial charge >= 0.3 is 7.60 Å². The largest absolute Gasteiger partial charge is 0.342 e. The van der Waals surface area contributed by atoms with Crippen LogP contribution in [-0.4, -0.2) is 18.1 Å². The summed E-state index contributed by atoms with van der Waals surface area (Å²) in [6.07, 6.45) is 0. The van der Waals surface area contributed by atoms with E-state index in [1.807, 2.05) is 6.07 Å². The van der Waals surface area contributed by atoms with Crippen LogP contribution in [0.4, 0.5) is 5.69 Å². The minimum Gasteiger partial charge on any atom is -0.308 e. The van der Waals surface area contributed by atoms with E-state index in [-0.39, 0.29) is 18.9 Å². The van der Waals surface area contributed by atoms with Crippen molar-refractivity contribution in [3.63, 3.8) is 0 Å². The smallest absolute Gasteiger partial charge is 0.308 e. The molecule has 0 heterocycles. The number of nitrogens with zero attached hydrogens (tertiary/aromatic N) is 1. The van der Waals surface area contributed by atoms with Crippen molar-refractivity contribution in [2.24, 2.45) is 0 Å². The zero-order valence-corrected chi connectivity index (χ0v) is 14.5. The van der Waals surface area contributed by atoms with Gasteiger partial charge in [-0.1, -0.05) is 48.5 Å². The molecule has 0 saturated heterocycles. The molecule has 24 heavy (non-hydrogen) atoms. The topological polar surface area (TPSA) is 78.7 Å². The molecule has 128 valence electrons. The maximum absolute atomic E-state index is 13.4. The Bertz CT molecular complexity index is 725. The van der Waals surface area contributed by atoms with Crippen LogP contribution < -0.4 is 0 Å². The highest BCUT2D eigenvalue weighted by Gasteiger charge is 2.41. The predicted octanol–water partition coefficient (Wildman–Crippen LogP) is 4.95. The van der Waals surface area contributed by atoms with Crippen molar-refractivity contribution >= 4 is 13.3 Å². The molecule has 1 atom stereocenters. The summed E-state index contributed by atoms with van der Waals surface area (Å²) in [5.74, 6) is 0. The first-order chi connectivity index (χ1) is 11.5. The van der Waals surface area contributed by atoms with Crippen LogP contribution in [0, 0.1) is 10.1 Å². The van der Waals surface area contributed by atoms with Gasteiger partial charge in [0.05, 0.1) is 18.1 Å². The number of hydrogen-bond acceptors (Lipinski definition) is 5. The SMILES string of the molecule is CCOP(=O)(OCC)C(c1ccccc1)c1ccccc1[N+](=O)[O-]. The summed E-state index contributed by atoms with van der Waals surface area (Å²) in [6.45, 7) is 3.79. The summed E-state index contributed by atoms with van der Waals surface area (Å²) in [5.41, 5.74) is 0.00199. The van der Waals surface area contributed by atoms with Crippen molar-refractivity contribution in [2.75, 3.05) is 13.2 Å². The number of nitro groups is 1. The van der Waals surface area contributed by atoms with Crippen LogP contribution in [0.15, 0.2) is 54.6 Å². The molecule has 2 rings (SSSR count). The standard InChI is InChI=1S/C17H20NO5P/c1-3-22-24(21,23-4-2)17(14-10-6-5-7-11-14)15-12-8-9-13-16(15)18(19)20/h5-13,17H,3-4H2,1-2H3. The molecule has 0 radical (unpaired) electrons. The molecular formula is C17H20NO5P. The monoisotopic (exact) mass is 349 g/mol. The van der Waals surface area contributed by atoms with E-state index in [9.17, 15) is 14.7 Å². The summed E-state index contributed by atoms with van der Waals surface area (Å²) >= 11 is 0. The zero-order valence-electron chi connectivity index (χ0n) is 13.6. The highest BCUT2D eigenvalue weighted by atomic mass is 31.2. The summed E-state index contributed by atoms with van der Waals surface area (Å²) in [7, 11) is -3.64. The maximum atomic E-state index is 13.4. The fourth-order valence-corrected chi connectivity index (χ4v) is 4.79. The van der Waals surface area contributed by atoms with Crippen LogP contribution in [0.5, 0.6) is 0 Å². The highest BCUT2D eigenvalue weighted by molar-refractivity contribution is 7.54. The van der Waals surface area contributed by atoms with Gasteiger partial charge in [0.2, 0.25) is 0 Å². The van der Waals surface area contributed by atoms with Crippen LogP contribution in [0.3, 0.4) is 0 Å². The molecule has 0 aliphatic rings. The lowest BCUT2D eigenvalue weighted by atomic mass is 10.0. The highest BCUT2D eigenvalue weighted by Crippen LogP contribution is 2.64. The summed E-state index contributed by atoms with van der Waals surface area (Å²) in [6, 6.07) is 15.2. The number of hydrogen-bond donors (Lipinski definition) is 0. The van der Waals surface area contributed by atoms with Crippen LogP contribution >= 0.6 is 7.60 Å². The van der Waals surface area contributed by atoms with Crippen LogP contribution in [0.25, 0.3) is 0 Å². The second-order valence-corrected chi connectivity index (χ2v) is 7.12. The van der Waals surface area contributed by atoms with E-state index in [0.29, 0.717) is 11.1 Å². The van der Waals surface area contributed by atoms with E-state index in [1.165, 1.54) is 6.07 Å². The first-order valence-electron chi connectivity index (χ1n) is 7.70. The van der Waals surface area contributed by atoms with Crippen LogP contribution in [0.1, 0.15) is 30.6 Å². The zero-order chi connectivity index (χ0) is 17.6. The van der Waals surface area contributed by atoms with Gasteiger partial charge in [-0.3, -0.25) is 14.7 Å². The third-order valence-corrected chi connectivity index (χ3v) is 5.92. The molecule has 0 amide bonds. The molecule has 0 N–H and O–H groups in total. The molecule has 1 unspecified atom stereocenters. The molecule has 2 aromatic rings. The van der Waals surface area contributed by atoms with E-state index in [1.54, 1.807) is 56.3 Å². The van der Waals surface area contributed by atoms with E-state index < -0.39 is 18.2 Å². The van der Waals surface area contributed by atoms with Gasteiger partial charge < -0.3 is 9.05 Å². The molecular weight excluding hydrogens is 329 g/mol. The Morgan fingerprint density at radius 2 is 1.54 bits per heavy atom. The van der Waals surface area contributed by atoms with Crippen molar-refractivity contribution in [1.82, 2.24) is 0 Å². The Morgan fingerprint density at radius 3 is 2.08 bits per heavy atom. The molecule has 7 heteroatoms. The van der Waals surface area contributed by atoms with E-state index in [2.05, 4.69) is 0 Å². The van der Waals surface area contributed by atoms with Gasteiger partial charge in [0.15, 0.2) is 0 Å². The average molecular weight is 349 g/mol. The Kier molecular flexibility index (Phi) is 6.26. The minimum absolute atomic E-state index is 0.106. The third-order valence-electron chi connectivity index (χ3n) is 3.48. The van der Waals surface area contributed by atoms with Crippen LogP contribution in [-0.2, 0) is 13.6 Å². The predicted molar refractivity (Wildman–Crippen MR) is 92.2 cm³/mol. The van der Waals surface area contributed by atoms with Gasteiger partial charge in [-0.15, -0.1) is 0 Å². The molecule has 0 aromatic heterocycles. The number of rotatable bonds is 8. The van der Waals surface area contributed by atoms with E-state index in [4.69, 9.17) is 9.05 Å². The maximum Gasteiger partial charge on any atom is 0.342 e. The van der Waals surface area contributed by atoms with Gasteiger partial charge in [0, 0.05) is 11.6 Å². The molecule has 0 aliphatic carbocycles. The lowest BCUT2D eigenvalue weighted by Crippen LogP contribution is -2.10. The minimum atomic E-state index is -3.64. The molecule has 2 aromatic carbocycles. The fraction of sp³-hybridized carbons (Fsp3) is 0.294. The van der Waals surface area contributed by atoms with Crippen molar-refractivity contribution in [3.8, 4) is 0 Å². The third kappa shape index (κ3) is 3.90. The summed E-state index contributed by atoms with van der Waals surface area (Å²) in [5, 5.41) is 11.4. The molecule has 0 spiro atoms. The Balaban J connectivity index is 2.69. The second kappa shape index (κ2) is 8.20. The first kappa shape index (κ1) is 18.3. The molecule has 6 nitrogen and oxygen atoms in total. The van der Waals surface area contributed by atoms with Gasteiger partial charge in [0.25, 0.3) is 5.69 Å². The Labute approximate surface area is 141 Å². The van der Waals surface area contributed by atoms with Crippen molar-refractivity contribution in [3.05, 3.63) is 75.8 Å². The lowest BCUT2D eigenvalue weighted by molar-refractivity contribution is -0.385. The average Bonchev–Trinajstić information content (AvgIpc) is 2.56. The van der Waals surface area contributed by atoms with E-state index in [0.717, 1.165) is 0 Å². The van der Waals surface area contributed by atoms with E-state index >= 15 is 0 Å². The van der Waals surface area contributed by atoms with Crippen molar-refractivity contribution in [2.45, 2.75) is 19.5 Å². The Hall–Kier alpha value is -2.01. The summed E-state index contributed by atoms with van der Waals surface area (Å²) < 4.78 is 24.4. The van der Waals surface area contributed by atoms with Gasteiger partial charge in [-0.05, 0) is 19.4 Å². The number of nitro benzene ring substituents is 1. The van der Waals surface area contributed by atoms with Gasteiger partial charge in [0.1, 0.15) is 5.66 Å². The second-order valence-electron chi connectivity index (χ2n) is 5.00. The molecule has 0 bridgehead atoms. The van der Waals surface area contributed by atoms with Crippen LogP contribution in [0.2, 0.25) is 0 Å². The first-order valence-corrected chi connectivity index (χ1v) is 9.31. The van der Waals surface area contributed by atoms with Gasteiger partial charge in [-0.2, -0.15) is 0 Å². The summed E-state index contributed by atoms with van der Waals surface area (Å²) in [4.78, 5) is 11.0. The lowest BCUT2D eigenvalue weighted by Gasteiger charge is -2.26. The quantitative estimate of drug-likeness (QED) is 0.383. The number of benzene rings is 2. The number of para-hydroxylation sites is 1. The molecule has 0 aliphatic heterocycles. The normalized spacial score (nSPS) is 12.8. The molecule has 0 fully saturated rings. The van der Waals surface area contributed by atoms with Crippen molar-refractivity contribution in [1.29, 1.82) is 0 Å². The fourth-order valence-electron chi connectivity index (χ4n) is 2.60.